The number of benzene rings is 2. The third kappa shape index (κ3) is 6.41. The molecule has 1 aliphatic heterocycles. The van der Waals surface area contributed by atoms with Gasteiger partial charge >= 0.3 is 5.97 Å². The predicted octanol–water partition coefficient (Wildman–Crippen LogP) is 2.23. The third-order valence-corrected chi connectivity index (χ3v) is 5.90. The highest BCUT2D eigenvalue weighted by Gasteiger charge is 2.21. The Morgan fingerprint density at radius 3 is 2.50 bits per heavy atom. The molecule has 1 heterocycles. The molecule has 0 saturated carbocycles. The van der Waals surface area contributed by atoms with Gasteiger partial charge in [0.2, 0.25) is 10.0 Å². The normalized spacial score (nSPS) is 14.2. The zero-order valence-electron chi connectivity index (χ0n) is 17.3. The van der Waals surface area contributed by atoms with Crippen molar-refractivity contribution in [3.8, 4) is 11.5 Å². The third-order valence-electron chi connectivity index (χ3n) is 4.44. The Labute approximate surface area is 184 Å². The first-order valence-electron chi connectivity index (χ1n) is 9.90. The van der Waals surface area contributed by atoms with Gasteiger partial charge in [-0.05, 0) is 43.3 Å². The quantitative estimate of drug-likeness (QED) is 0.573. The van der Waals surface area contributed by atoms with Crippen molar-refractivity contribution in [3.63, 3.8) is 0 Å². The first kappa shape index (κ1) is 23.5. The maximum Gasteiger partial charge on any atom is 0.307 e. The van der Waals surface area contributed by atoms with E-state index in [1.54, 1.807) is 0 Å². The minimum atomic E-state index is -3.89. The topological polar surface area (TPSA) is 120 Å². The summed E-state index contributed by atoms with van der Waals surface area (Å²) in [6.07, 6.45) is -0.707. The van der Waals surface area contributed by atoms with E-state index < -0.39 is 33.8 Å². The van der Waals surface area contributed by atoms with Crippen molar-refractivity contribution in [1.29, 1.82) is 0 Å². The maximum absolute atomic E-state index is 12.9. The van der Waals surface area contributed by atoms with Crippen LogP contribution in [0.4, 0.5) is 10.1 Å². The fraction of sp³-hybridized carbons (Fsp3) is 0.333. The van der Waals surface area contributed by atoms with E-state index in [4.69, 9.17) is 14.2 Å². The lowest BCUT2D eigenvalue weighted by atomic mass is 10.3. The average molecular weight is 466 g/mol. The first-order valence-corrected chi connectivity index (χ1v) is 11.4. The van der Waals surface area contributed by atoms with E-state index in [1.807, 2.05) is 0 Å². The monoisotopic (exact) mass is 466 g/mol. The molecule has 11 heteroatoms. The SMILES string of the molecule is C[C@H](OC(=O)CCNS(=O)(=O)c1ccc2c(c1)OCCCO2)C(=O)Nc1ccc(F)cc1. The van der Waals surface area contributed by atoms with E-state index in [1.165, 1.54) is 49.4 Å². The van der Waals surface area contributed by atoms with Gasteiger partial charge in [0.1, 0.15) is 5.82 Å². The van der Waals surface area contributed by atoms with Crippen molar-refractivity contribution in [2.75, 3.05) is 25.1 Å². The van der Waals surface area contributed by atoms with Crippen LogP contribution in [0, 0.1) is 5.82 Å². The van der Waals surface area contributed by atoms with E-state index in [-0.39, 0.29) is 17.9 Å². The second kappa shape index (κ2) is 10.4. The molecule has 172 valence electrons. The smallest absolute Gasteiger partial charge is 0.307 e. The minimum absolute atomic E-state index is 0.0258. The molecule has 2 N–H and O–H groups in total. The molecule has 0 bridgehead atoms. The second-order valence-electron chi connectivity index (χ2n) is 6.94. The van der Waals surface area contributed by atoms with Gasteiger partial charge in [-0.2, -0.15) is 0 Å². The lowest BCUT2D eigenvalue weighted by molar-refractivity contribution is -0.152. The van der Waals surface area contributed by atoms with Crippen LogP contribution in [-0.4, -0.2) is 46.2 Å². The van der Waals surface area contributed by atoms with Crippen LogP contribution in [0.2, 0.25) is 0 Å². The van der Waals surface area contributed by atoms with Crippen LogP contribution in [0.1, 0.15) is 19.8 Å². The van der Waals surface area contributed by atoms with E-state index in [0.29, 0.717) is 36.8 Å². The molecular weight excluding hydrogens is 443 g/mol. The Kier molecular flexibility index (Phi) is 7.65. The molecule has 0 spiro atoms. The summed E-state index contributed by atoms with van der Waals surface area (Å²) in [4.78, 5) is 24.0. The molecule has 0 fully saturated rings. The van der Waals surface area contributed by atoms with Gasteiger partial charge in [0, 0.05) is 24.7 Å². The molecule has 2 aromatic rings. The van der Waals surface area contributed by atoms with Crippen LogP contribution >= 0.6 is 0 Å². The molecule has 1 aliphatic rings. The molecular formula is C21H23FN2O7S. The number of halogens is 1. The number of amides is 1. The predicted molar refractivity (Wildman–Crippen MR) is 112 cm³/mol. The van der Waals surface area contributed by atoms with Gasteiger partial charge < -0.3 is 19.5 Å². The Hall–Kier alpha value is -3.18. The molecule has 0 saturated heterocycles. The molecule has 0 unspecified atom stereocenters. The summed E-state index contributed by atoms with van der Waals surface area (Å²) in [7, 11) is -3.89. The van der Waals surface area contributed by atoms with Gasteiger partial charge in [-0.15, -0.1) is 0 Å². The van der Waals surface area contributed by atoms with Crippen LogP contribution in [0.5, 0.6) is 11.5 Å². The zero-order chi connectivity index (χ0) is 23.1. The number of sulfonamides is 1. The van der Waals surface area contributed by atoms with Crippen LogP contribution in [0.3, 0.4) is 0 Å². The number of hydrogen-bond donors (Lipinski definition) is 2. The lowest BCUT2D eigenvalue weighted by Crippen LogP contribution is -2.32. The molecule has 32 heavy (non-hydrogen) atoms. The van der Waals surface area contributed by atoms with E-state index in [9.17, 15) is 22.4 Å². The van der Waals surface area contributed by atoms with Crippen LogP contribution in [-0.2, 0) is 24.3 Å². The van der Waals surface area contributed by atoms with Crippen molar-refractivity contribution in [2.45, 2.75) is 30.8 Å². The van der Waals surface area contributed by atoms with E-state index >= 15 is 0 Å². The molecule has 2 aromatic carbocycles. The fourth-order valence-electron chi connectivity index (χ4n) is 2.77. The Morgan fingerprint density at radius 1 is 1.09 bits per heavy atom. The van der Waals surface area contributed by atoms with Crippen LogP contribution in [0.15, 0.2) is 47.4 Å². The van der Waals surface area contributed by atoms with Gasteiger partial charge in [0.05, 0.1) is 24.5 Å². The van der Waals surface area contributed by atoms with Crippen molar-refractivity contribution < 1.29 is 36.6 Å². The summed E-state index contributed by atoms with van der Waals surface area (Å²) < 4.78 is 56.2. The number of fused-ring (bicyclic) bond motifs is 1. The Morgan fingerprint density at radius 2 is 1.78 bits per heavy atom. The lowest BCUT2D eigenvalue weighted by Gasteiger charge is -2.14. The molecule has 1 amide bonds. The minimum Gasteiger partial charge on any atom is -0.490 e. The van der Waals surface area contributed by atoms with Crippen LogP contribution < -0.4 is 19.5 Å². The molecule has 0 radical (unpaired) electrons. The number of nitrogens with one attached hydrogen (secondary N) is 2. The van der Waals surface area contributed by atoms with Gasteiger partial charge in [-0.25, -0.2) is 17.5 Å². The van der Waals surface area contributed by atoms with Crippen LogP contribution in [0.25, 0.3) is 0 Å². The first-order chi connectivity index (χ1) is 15.2. The highest BCUT2D eigenvalue weighted by atomic mass is 32.2. The molecule has 9 nitrogen and oxygen atoms in total. The Bertz CT molecular complexity index is 1070. The number of rotatable bonds is 8. The van der Waals surface area contributed by atoms with Crippen molar-refractivity contribution in [3.05, 3.63) is 48.3 Å². The van der Waals surface area contributed by atoms with Crippen molar-refractivity contribution >= 4 is 27.6 Å². The number of hydrogen-bond acceptors (Lipinski definition) is 7. The summed E-state index contributed by atoms with van der Waals surface area (Å²) in [6, 6.07) is 9.37. The van der Waals surface area contributed by atoms with Gasteiger partial charge in [-0.3, -0.25) is 9.59 Å². The van der Waals surface area contributed by atoms with Gasteiger partial charge in [0.25, 0.3) is 5.91 Å². The highest BCUT2D eigenvalue weighted by Crippen LogP contribution is 2.31. The summed E-state index contributed by atoms with van der Waals surface area (Å²) in [5, 5.41) is 2.49. The summed E-state index contributed by atoms with van der Waals surface area (Å²) in [6.45, 7) is 2.06. The van der Waals surface area contributed by atoms with Crippen molar-refractivity contribution in [1.82, 2.24) is 4.72 Å². The number of anilines is 1. The highest BCUT2D eigenvalue weighted by molar-refractivity contribution is 7.89. The average Bonchev–Trinajstić information content (AvgIpc) is 3.00. The summed E-state index contributed by atoms with van der Waals surface area (Å²) in [5.41, 5.74) is 0.349. The number of carbonyl (C=O) groups is 2. The van der Waals surface area contributed by atoms with E-state index in [2.05, 4.69) is 10.0 Å². The fourth-order valence-corrected chi connectivity index (χ4v) is 3.82. The molecule has 1 atom stereocenters. The van der Waals surface area contributed by atoms with E-state index in [0.717, 1.165) is 0 Å². The van der Waals surface area contributed by atoms with Gasteiger partial charge in [0.15, 0.2) is 17.6 Å². The molecule has 0 aliphatic carbocycles. The summed E-state index contributed by atoms with van der Waals surface area (Å²) in [5.74, 6) is -0.994. The summed E-state index contributed by atoms with van der Waals surface area (Å²) >= 11 is 0. The maximum atomic E-state index is 12.9. The molecule has 3 rings (SSSR count). The number of ether oxygens (including phenoxy) is 3. The second-order valence-corrected chi connectivity index (χ2v) is 8.70. The standard InChI is InChI=1S/C21H23FN2O7S/c1-14(21(26)24-16-5-3-15(22)4-6-16)31-20(25)9-10-23-32(27,28)17-7-8-18-19(13-17)30-12-2-11-29-18/h3-8,13-14,23H,2,9-12H2,1H3,(H,24,26)/t14-/m0/s1. The number of carbonyl (C=O) groups excluding carboxylic acids is 2. The largest absolute Gasteiger partial charge is 0.490 e. The van der Waals surface area contributed by atoms with Crippen molar-refractivity contribution in [2.24, 2.45) is 0 Å². The Balaban J connectivity index is 1.47. The number of esters is 1. The zero-order valence-corrected chi connectivity index (χ0v) is 18.1. The molecule has 0 aromatic heterocycles. The van der Waals surface area contributed by atoms with Gasteiger partial charge in [-0.1, -0.05) is 0 Å².